The average Bonchev–Trinajstić information content (AvgIpc) is 2.39. The molecule has 0 fully saturated rings. The Labute approximate surface area is 108 Å². The Balaban J connectivity index is 2.36. The predicted molar refractivity (Wildman–Crippen MR) is 76.3 cm³/mol. The largest absolute Gasteiger partial charge is 0.212 e. The van der Waals surface area contributed by atoms with Crippen molar-refractivity contribution in [2.75, 3.05) is 6.54 Å². The summed E-state index contributed by atoms with van der Waals surface area (Å²) in [5.74, 6) is 0. The molecule has 0 aliphatic carbocycles. The summed E-state index contributed by atoms with van der Waals surface area (Å²) in [6.45, 7) is 5.47. The Morgan fingerprint density at radius 3 is 2.61 bits per heavy atom. The third-order valence-electron chi connectivity index (χ3n) is 3.68. The second-order valence-electron chi connectivity index (χ2n) is 5.04. The molecule has 1 aliphatic rings. The molecule has 0 unspecified atom stereocenters. The minimum atomic E-state index is 1.08. The Bertz CT molecular complexity index is 710. The van der Waals surface area contributed by atoms with Gasteiger partial charge in [0.05, 0.1) is 0 Å². The van der Waals surface area contributed by atoms with Gasteiger partial charge in [0, 0.05) is 29.8 Å². The van der Waals surface area contributed by atoms with Crippen LogP contribution in [0.5, 0.6) is 0 Å². The van der Waals surface area contributed by atoms with Crippen molar-refractivity contribution in [3.8, 4) is 0 Å². The van der Waals surface area contributed by atoms with Crippen molar-refractivity contribution in [3.05, 3.63) is 64.7 Å². The first-order valence-electron chi connectivity index (χ1n) is 6.52. The van der Waals surface area contributed by atoms with E-state index in [2.05, 4.69) is 67.0 Å². The van der Waals surface area contributed by atoms with Crippen LogP contribution in [0.2, 0.25) is 0 Å². The highest BCUT2D eigenvalue weighted by molar-refractivity contribution is 5.47. The van der Waals surface area contributed by atoms with E-state index in [-0.39, 0.29) is 0 Å². The van der Waals surface area contributed by atoms with E-state index in [1.807, 2.05) is 0 Å². The van der Waals surface area contributed by atoms with Crippen LogP contribution in [0, 0.1) is 6.92 Å². The van der Waals surface area contributed by atoms with Crippen molar-refractivity contribution in [2.45, 2.75) is 20.3 Å². The molecule has 0 radical (unpaired) electrons. The third kappa shape index (κ3) is 1.86. The SMILES string of the molecule is CC1=c2ccccc2=[N+](c2cccc(C)c2)CC1. The molecular weight excluding hydrogens is 218 g/mol. The molecule has 0 saturated carbocycles. The van der Waals surface area contributed by atoms with Crippen molar-refractivity contribution in [1.82, 2.24) is 4.58 Å². The molecule has 18 heavy (non-hydrogen) atoms. The molecule has 1 heteroatoms. The smallest absolute Gasteiger partial charge is 0.192 e. The molecule has 2 aromatic rings. The summed E-state index contributed by atoms with van der Waals surface area (Å²) >= 11 is 0. The van der Waals surface area contributed by atoms with Crippen LogP contribution in [-0.2, 0) is 0 Å². The molecule has 0 amide bonds. The molecule has 0 N–H and O–H groups in total. The standard InChI is InChI=1S/C17H18N/c1-13-6-5-7-15(12-13)18-11-10-14(2)16-8-3-4-9-17(16)18/h3-9,12H,10-11H2,1-2H3/q+1. The number of nitrogens with zero attached hydrogens (tertiary/aromatic N) is 1. The second kappa shape index (κ2) is 4.41. The summed E-state index contributed by atoms with van der Waals surface area (Å²) < 4.78 is 2.43. The van der Waals surface area contributed by atoms with Gasteiger partial charge in [0.15, 0.2) is 6.54 Å². The van der Waals surface area contributed by atoms with Gasteiger partial charge in [0.25, 0.3) is 0 Å². The van der Waals surface area contributed by atoms with Crippen LogP contribution in [-0.4, -0.2) is 6.54 Å². The molecule has 1 aliphatic heterocycles. The molecule has 0 bridgehead atoms. The van der Waals surface area contributed by atoms with Crippen LogP contribution < -0.4 is 15.2 Å². The number of rotatable bonds is 1. The lowest BCUT2D eigenvalue weighted by Crippen LogP contribution is -2.42. The van der Waals surface area contributed by atoms with Gasteiger partial charge >= 0.3 is 0 Å². The average molecular weight is 236 g/mol. The van der Waals surface area contributed by atoms with Crippen molar-refractivity contribution >= 4 is 11.3 Å². The highest BCUT2D eigenvalue weighted by Crippen LogP contribution is 2.13. The van der Waals surface area contributed by atoms with E-state index >= 15 is 0 Å². The first kappa shape index (κ1) is 11.2. The van der Waals surface area contributed by atoms with Gasteiger partial charge in [-0.25, -0.2) is 0 Å². The van der Waals surface area contributed by atoms with E-state index in [1.165, 1.54) is 27.4 Å². The number of hydrogen-bond donors (Lipinski definition) is 0. The fourth-order valence-electron chi connectivity index (χ4n) is 2.67. The molecule has 2 aromatic carbocycles. The lowest BCUT2D eigenvalue weighted by Gasteiger charge is -2.10. The summed E-state index contributed by atoms with van der Waals surface area (Å²) in [5.41, 5.74) is 4.11. The molecule has 1 heterocycles. The van der Waals surface area contributed by atoms with Gasteiger partial charge in [-0.15, -0.1) is 0 Å². The first-order valence-corrected chi connectivity index (χ1v) is 6.52. The number of benzene rings is 2. The van der Waals surface area contributed by atoms with Crippen molar-refractivity contribution in [2.24, 2.45) is 0 Å². The topological polar surface area (TPSA) is 3.01 Å². The van der Waals surface area contributed by atoms with Gasteiger partial charge in [0.1, 0.15) is 0 Å². The summed E-state index contributed by atoms with van der Waals surface area (Å²) in [4.78, 5) is 0. The zero-order chi connectivity index (χ0) is 12.5. The zero-order valence-electron chi connectivity index (χ0n) is 11.0. The predicted octanol–water partition coefficient (Wildman–Crippen LogP) is 2.39. The van der Waals surface area contributed by atoms with Gasteiger partial charge in [0.2, 0.25) is 11.0 Å². The molecule has 0 aromatic heterocycles. The van der Waals surface area contributed by atoms with E-state index in [0.717, 1.165) is 13.0 Å². The van der Waals surface area contributed by atoms with Crippen molar-refractivity contribution < 1.29 is 0 Å². The quantitative estimate of drug-likeness (QED) is 0.669. The highest BCUT2D eigenvalue weighted by atomic mass is 15.0. The van der Waals surface area contributed by atoms with Gasteiger partial charge in [-0.3, -0.25) is 0 Å². The Hall–Kier alpha value is -1.89. The van der Waals surface area contributed by atoms with Crippen molar-refractivity contribution in [3.63, 3.8) is 0 Å². The van der Waals surface area contributed by atoms with E-state index in [1.54, 1.807) is 0 Å². The minimum Gasteiger partial charge on any atom is -0.192 e. The van der Waals surface area contributed by atoms with Crippen LogP contribution >= 0.6 is 0 Å². The lowest BCUT2D eigenvalue weighted by atomic mass is 10.1. The van der Waals surface area contributed by atoms with Crippen LogP contribution in [0.1, 0.15) is 18.9 Å². The monoisotopic (exact) mass is 236 g/mol. The molecule has 3 rings (SSSR count). The molecule has 1 nitrogen and oxygen atoms in total. The number of aryl methyl sites for hydroxylation is 1. The Morgan fingerprint density at radius 1 is 0.944 bits per heavy atom. The van der Waals surface area contributed by atoms with Crippen LogP contribution in [0.15, 0.2) is 48.5 Å². The summed E-state index contributed by atoms with van der Waals surface area (Å²) in [5, 5.41) is 2.73. The molecule has 0 saturated heterocycles. The lowest BCUT2D eigenvalue weighted by molar-refractivity contribution is 0.711. The van der Waals surface area contributed by atoms with Gasteiger partial charge in [-0.2, -0.15) is 4.58 Å². The Kier molecular flexibility index (Phi) is 2.75. The van der Waals surface area contributed by atoms with E-state index in [9.17, 15) is 0 Å². The molecular formula is C17H18N+. The number of fused-ring (bicyclic) bond motifs is 1. The first-order chi connectivity index (χ1) is 8.75. The highest BCUT2D eigenvalue weighted by Gasteiger charge is 2.16. The van der Waals surface area contributed by atoms with Gasteiger partial charge < -0.3 is 0 Å². The summed E-state index contributed by atoms with van der Waals surface area (Å²) in [6, 6.07) is 17.5. The molecule has 0 spiro atoms. The summed E-state index contributed by atoms with van der Waals surface area (Å²) in [7, 11) is 0. The van der Waals surface area contributed by atoms with E-state index in [4.69, 9.17) is 0 Å². The minimum absolute atomic E-state index is 1.08. The maximum atomic E-state index is 2.43. The van der Waals surface area contributed by atoms with Gasteiger partial charge in [-0.05, 0) is 25.5 Å². The van der Waals surface area contributed by atoms with Crippen molar-refractivity contribution in [1.29, 1.82) is 0 Å². The van der Waals surface area contributed by atoms with Gasteiger partial charge in [-0.1, -0.05) is 29.8 Å². The number of para-hydroxylation sites is 1. The molecule has 90 valence electrons. The van der Waals surface area contributed by atoms with E-state index in [0.29, 0.717) is 0 Å². The van der Waals surface area contributed by atoms with Crippen LogP contribution in [0.4, 0.5) is 5.69 Å². The maximum Gasteiger partial charge on any atom is 0.212 e. The van der Waals surface area contributed by atoms with Crippen LogP contribution in [0.25, 0.3) is 5.57 Å². The number of hydrogen-bond acceptors (Lipinski definition) is 0. The van der Waals surface area contributed by atoms with Crippen LogP contribution in [0.3, 0.4) is 0 Å². The Morgan fingerprint density at radius 2 is 1.78 bits per heavy atom. The fraction of sp³-hybridized carbons (Fsp3) is 0.235. The third-order valence-corrected chi connectivity index (χ3v) is 3.68. The second-order valence-corrected chi connectivity index (χ2v) is 5.04. The normalized spacial score (nSPS) is 14.6. The fourth-order valence-corrected chi connectivity index (χ4v) is 2.67. The maximum absolute atomic E-state index is 2.43. The van der Waals surface area contributed by atoms with E-state index < -0.39 is 0 Å². The molecule has 0 atom stereocenters. The summed E-state index contributed by atoms with van der Waals surface area (Å²) in [6.07, 6.45) is 1.14. The zero-order valence-corrected chi connectivity index (χ0v) is 11.0.